The SMILES string of the molecule is Cc1ccc(Cl)cc1S(=O)(=O)NCC(c1ccccc1Cl)N1CCOCC1. The van der Waals surface area contributed by atoms with E-state index in [-0.39, 0.29) is 17.5 Å². The number of ether oxygens (including phenoxy) is 1. The second kappa shape index (κ2) is 8.90. The summed E-state index contributed by atoms with van der Waals surface area (Å²) in [6, 6.07) is 12.2. The number of sulfonamides is 1. The first-order valence-electron chi connectivity index (χ1n) is 8.70. The van der Waals surface area contributed by atoms with E-state index < -0.39 is 10.0 Å². The molecule has 1 saturated heterocycles. The fraction of sp³-hybridized carbons (Fsp3) is 0.368. The van der Waals surface area contributed by atoms with Crippen molar-refractivity contribution in [2.45, 2.75) is 17.9 Å². The van der Waals surface area contributed by atoms with Crippen molar-refractivity contribution in [2.24, 2.45) is 0 Å². The number of hydrogen-bond donors (Lipinski definition) is 1. The van der Waals surface area contributed by atoms with Crippen LogP contribution in [0.4, 0.5) is 0 Å². The van der Waals surface area contributed by atoms with Crippen LogP contribution in [0.3, 0.4) is 0 Å². The number of halogens is 2. The molecule has 1 aliphatic rings. The lowest BCUT2D eigenvalue weighted by Crippen LogP contribution is -2.44. The Kier molecular flexibility index (Phi) is 6.78. The van der Waals surface area contributed by atoms with Crippen LogP contribution in [-0.2, 0) is 14.8 Å². The molecule has 0 aromatic heterocycles. The number of rotatable bonds is 6. The van der Waals surface area contributed by atoms with Gasteiger partial charge < -0.3 is 4.74 Å². The minimum atomic E-state index is -3.70. The number of aryl methyl sites for hydroxylation is 1. The smallest absolute Gasteiger partial charge is 0.240 e. The van der Waals surface area contributed by atoms with Gasteiger partial charge in [0.1, 0.15) is 0 Å². The largest absolute Gasteiger partial charge is 0.379 e. The van der Waals surface area contributed by atoms with Gasteiger partial charge in [0.2, 0.25) is 10.0 Å². The Balaban J connectivity index is 1.86. The van der Waals surface area contributed by atoms with Crippen LogP contribution in [0.2, 0.25) is 10.0 Å². The second-order valence-electron chi connectivity index (χ2n) is 6.45. The molecule has 27 heavy (non-hydrogen) atoms. The summed E-state index contributed by atoms with van der Waals surface area (Å²) < 4.78 is 33.9. The second-order valence-corrected chi connectivity index (χ2v) is 9.03. The molecule has 3 rings (SSSR count). The molecule has 1 fully saturated rings. The van der Waals surface area contributed by atoms with Crippen LogP contribution < -0.4 is 4.72 Å². The van der Waals surface area contributed by atoms with Crippen LogP contribution in [0.1, 0.15) is 17.2 Å². The third-order valence-electron chi connectivity index (χ3n) is 4.66. The molecule has 1 aliphatic heterocycles. The predicted molar refractivity (Wildman–Crippen MR) is 108 cm³/mol. The molecule has 8 heteroatoms. The predicted octanol–water partition coefficient (Wildman–Crippen LogP) is 3.65. The van der Waals surface area contributed by atoms with Crippen LogP contribution in [0.15, 0.2) is 47.4 Å². The van der Waals surface area contributed by atoms with Gasteiger partial charge in [-0.05, 0) is 36.2 Å². The first-order valence-corrected chi connectivity index (χ1v) is 10.9. The van der Waals surface area contributed by atoms with Gasteiger partial charge in [0.05, 0.1) is 18.1 Å². The standard InChI is InChI=1S/C19H22Cl2N2O3S/c1-14-6-7-15(20)12-19(14)27(24,25)22-13-18(23-8-10-26-11-9-23)16-4-2-3-5-17(16)21/h2-7,12,18,22H,8-11,13H2,1H3. The summed E-state index contributed by atoms with van der Waals surface area (Å²) in [7, 11) is -3.70. The summed E-state index contributed by atoms with van der Waals surface area (Å²) in [5.41, 5.74) is 1.54. The van der Waals surface area contributed by atoms with Crippen molar-refractivity contribution in [2.75, 3.05) is 32.8 Å². The van der Waals surface area contributed by atoms with Gasteiger partial charge in [-0.1, -0.05) is 47.5 Å². The van der Waals surface area contributed by atoms with Gasteiger partial charge in [-0.2, -0.15) is 0 Å². The Hall–Kier alpha value is -1.15. The van der Waals surface area contributed by atoms with Crippen LogP contribution in [0, 0.1) is 6.92 Å². The van der Waals surface area contributed by atoms with Crippen molar-refractivity contribution in [3.05, 3.63) is 63.6 Å². The van der Waals surface area contributed by atoms with Crippen molar-refractivity contribution in [3.8, 4) is 0 Å². The molecule has 0 spiro atoms. The van der Waals surface area contributed by atoms with E-state index in [9.17, 15) is 8.42 Å². The van der Waals surface area contributed by atoms with Gasteiger partial charge >= 0.3 is 0 Å². The lowest BCUT2D eigenvalue weighted by Gasteiger charge is -2.35. The van der Waals surface area contributed by atoms with E-state index in [0.717, 1.165) is 5.56 Å². The molecule has 146 valence electrons. The maximum Gasteiger partial charge on any atom is 0.240 e. The summed E-state index contributed by atoms with van der Waals surface area (Å²) in [5, 5.41) is 1.00. The first kappa shape index (κ1) is 20.6. The molecule has 5 nitrogen and oxygen atoms in total. The zero-order valence-electron chi connectivity index (χ0n) is 15.0. The van der Waals surface area contributed by atoms with Crippen molar-refractivity contribution in [1.82, 2.24) is 9.62 Å². The van der Waals surface area contributed by atoms with Gasteiger partial charge in [-0.3, -0.25) is 4.90 Å². The highest BCUT2D eigenvalue weighted by Crippen LogP contribution is 2.28. The van der Waals surface area contributed by atoms with Crippen molar-refractivity contribution in [3.63, 3.8) is 0 Å². The highest BCUT2D eigenvalue weighted by Gasteiger charge is 2.27. The molecule has 1 atom stereocenters. The molecule has 0 amide bonds. The summed E-state index contributed by atoms with van der Waals surface area (Å²) in [6.45, 7) is 4.61. The minimum Gasteiger partial charge on any atom is -0.379 e. The Labute approximate surface area is 170 Å². The van der Waals surface area contributed by atoms with E-state index >= 15 is 0 Å². The molecule has 0 saturated carbocycles. The summed E-state index contributed by atoms with van der Waals surface area (Å²) >= 11 is 12.4. The highest BCUT2D eigenvalue weighted by atomic mass is 35.5. The third kappa shape index (κ3) is 5.02. The molecule has 1 heterocycles. The van der Waals surface area contributed by atoms with Crippen molar-refractivity contribution < 1.29 is 13.2 Å². The van der Waals surface area contributed by atoms with Crippen LogP contribution in [0.5, 0.6) is 0 Å². The van der Waals surface area contributed by atoms with E-state index in [2.05, 4.69) is 9.62 Å². The fourth-order valence-electron chi connectivity index (χ4n) is 3.20. The Morgan fingerprint density at radius 3 is 2.56 bits per heavy atom. The van der Waals surface area contributed by atoms with Gasteiger partial charge in [0.25, 0.3) is 0 Å². The van der Waals surface area contributed by atoms with Gasteiger partial charge in [0.15, 0.2) is 0 Å². The number of hydrogen-bond acceptors (Lipinski definition) is 4. The molecule has 0 radical (unpaired) electrons. The van der Waals surface area contributed by atoms with Crippen molar-refractivity contribution in [1.29, 1.82) is 0 Å². The molecular weight excluding hydrogens is 407 g/mol. The molecular formula is C19H22Cl2N2O3S. The van der Waals surface area contributed by atoms with E-state index in [1.165, 1.54) is 6.07 Å². The van der Waals surface area contributed by atoms with E-state index in [0.29, 0.717) is 41.9 Å². The number of nitrogens with one attached hydrogen (secondary N) is 1. The van der Waals surface area contributed by atoms with Crippen molar-refractivity contribution >= 4 is 33.2 Å². The van der Waals surface area contributed by atoms with Crippen LogP contribution >= 0.6 is 23.2 Å². The zero-order chi connectivity index (χ0) is 19.4. The quantitative estimate of drug-likeness (QED) is 0.762. The number of nitrogens with zero attached hydrogens (tertiary/aromatic N) is 1. The molecule has 2 aromatic rings. The number of morpholine rings is 1. The Morgan fingerprint density at radius 1 is 1.15 bits per heavy atom. The van der Waals surface area contributed by atoms with Crippen LogP contribution in [0.25, 0.3) is 0 Å². The average molecular weight is 429 g/mol. The minimum absolute atomic E-state index is 0.183. The third-order valence-corrected chi connectivity index (χ3v) is 6.80. The average Bonchev–Trinajstić information content (AvgIpc) is 2.66. The zero-order valence-corrected chi connectivity index (χ0v) is 17.3. The normalized spacial score (nSPS) is 17.0. The number of benzene rings is 2. The van der Waals surface area contributed by atoms with E-state index in [1.54, 1.807) is 19.1 Å². The molecule has 1 N–H and O–H groups in total. The summed E-state index contributed by atoms with van der Waals surface area (Å²) in [4.78, 5) is 2.38. The van der Waals surface area contributed by atoms with Gasteiger partial charge in [-0.15, -0.1) is 0 Å². The molecule has 2 aromatic carbocycles. The van der Waals surface area contributed by atoms with Gasteiger partial charge in [0, 0.05) is 35.7 Å². The molecule has 0 bridgehead atoms. The first-order chi connectivity index (χ1) is 12.9. The highest BCUT2D eigenvalue weighted by molar-refractivity contribution is 7.89. The fourth-order valence-corrected chi connectivity index (χ4v) is 5.01. The topological polar surface area (TPSA) is 58.6 Å². The van der Waals surface area contributed by atoms with Crippen LogP contribution in [-0.4, -0.2) is 46.2 Å². The maximum absolute atomic E-state index is 12.9. The monoisotopic (exact) mass is 428 g/mol. The summed E-state index contributed by atoms with van der Waals surface area (Å²) in [5.74, 6) is 0. The molecule has 1 unspecified atom stereocenters. The Morgan fingerprint density at radius 2 is 1.85 bits per heavy atom. The molecule has 0 aliphatic carbocycles. The Bertz CT molecular complexity index is 900. The lowest BCUT2D eigenvalue weighted by atomic mass is 10.0. The summed E-state index contributed by atoms with van der Waals surface area (Å²) in [6.07, 6.45) is 0. The lowest BCUT2D eigenvalue weighted by molar-refractivity contribution is 0.0172. The van der Waals surface area contributed by atoms with E-state index in [1.807, 2.05) is 24.3 Å². The van der Waals surface area contributed by atoms with Gasteiger partial charge in [-0.25, -0.2) is 13.1 Å². The maximum atomic E-state index is 12.9. The van der Waals surface area contributed by atoms with E-state index in [4.69, 9.17) is 27.9 Å².